The third-order valence-corrected chi connectivity index (χ3v) is 5.86. The van der Waals surface area contributed by atoms with Gasteiger partial charge in [-0.3, -0.25) is 9.59 Å². The number of amides is 2. The molecule has 4 rings (SSSR count). The molecule has 0 unspecified atom stereocenters. The Hall–Kier alpha value is -2.32. The van der Waals surface area contributed by atoms with Crippen molar-refractivity contribution in [1.82, 2.24) is 10.2 Å². The number of benzene rings is 1. The van der Waals surface area contributed by atoms with Crippen molar-refractivity contribution in [3.8, 4) is 11.5 Å². The minimum Gasteiger partial charge on any atom is -0.454 e. The molecule has 0 radical (unpaired) electrons. The molecule has 1 aromatic carbocycles. The van der Waals surface area contributed by atoms with Crippen LogP contribution in [0, 0.1) is 0 Å². The molecule has 1 aromatic rings. The molecule has 3 aliphatic heterocycles. The van der Waals surface area contributed by atoms with Crippen LogP contribution in [0.1, 0.15) is 48.9 Å². The van der Waals surface area contributed by atoms with Crippen molar-refractivity contribution >= 4 is 11.8 Å². The summed E-state index contributed by atoms with van der Waals surface area (Å²) in [6, 6.07) is 4.73. The molecule has 2 fully saturated rings. The molecule has 8 nitrogen and oxygen atoms in total. The number of carbonyl (C=O) groups excluding carboxylic acids is 2. The zero-order chi connectivity index (χ0) is 20.2. The molecular formula is C21H28N2O6. The van der Waals surface area contributed by atoms with Gasteiger partial charge in [0.15, 0.2) is 11.5 Å². The molecule has 0 saturated carbocycles. The average molecular weight is 404 g/mol. The highest BCUT2D eigenvalue weighted by Gasteiger charge is 2.34. The van der Waals surface area contributed by atoms with Crippen LogP contribution in [0.3, 0.4) is 0 Å². The van der Waals surface area contributed by atoms with Crippen molar-refractivity contribution in [2.45, 2.75) is 56.8 Å². The average Bonchev–Trinajstić information content (AvgIpc) is 3.23. The fraction of sp³-hybridized carbons (Fsp3) is 0.619. The van der Waals surface area contributed by atoms with E-state index in [9.17, 15) is 14.7 Å². The Morgan fingerprint density at radius 1 is 1.10 bits per heavy atom. The van der Waals surface area contributed by atoms with Crippen LogP contribution in [-0.2, 0) is 9.53 Å². The molecule has 2 amide bonds. The maximum atomic E-state index is 12.6. The molecule has 0 bridgehead atoms. The summed E-state index contributed by atoms with van der Waals surface area (Å²) >= 11 is 0. The second-order valence-corrected chi connectivity index (χ2v) is 7.85. The zero-order valence-electron chi connectivity index (χ0n) is 16.5. The fourth-order valence-corrected chi connectivity index (χ4v) is 4.20. The summed E-state index contributed by atoms with van der Waals surface area (Å²) in [7, 11) is 0. The van der Waals surface area contributed by atoms with E-state index in [1.54, 1.807) is 18.2 Å². The first-order valence-electron chi connectivity index (χ1n) is 10.4. The molecule has 0 aliphatic carbocycles. The molecule has 3 aliphatic rings. The van der Waals surface area contributed by atoms with Crippen LogP contribution in [0.25, 0.3) is 0 Å². The van der Waals surface area contributed by atoms with Crippen LogP contribution >= 0.6 is 0 Å². The summed E-state index contributed by atoms with van der Waals surface area (Å²) in [5.41, 5.74) is 0.466. The number of carbonyl (C=O) groups is 2. The lowest BCUT2D eigenvalue weighted by atomic mass is 9.96. The van der Waals surface area contributed by atoms with Crippen molar-refractivity contribution in [1.29, 1.82) is 0 Å². The predicted octanol–water partition coefficient (Wildman–Crippen LogP) is 1.46. The molecular weight excluding hydrogens is 376 g/mol. The highest BCUT2D eigenvalue weighted by molar-refractivity contribution is 5.95. The summed E-state index contributed by atoms with van der Waals surface area (Å²) in [5, 5.41) is 12.7. The van der Waals surface area contributed by atoms with Crippen LogP contribution in [0.4, 0.5) is 0 Å². The maximum absolute atomic E-state index is 12.6. The molecule has 3 atom stereocenters. The third kappa shape index (κ3) is 4.64. The summed E-state index contributed by atoms with van der Waals surface area (Å²) in [5.74, 6) is 1.04. The van der Waals surface area contributed by atoms with E-state index in [-0.39, 0.29) is 37.4 Å². The van der Waals surface area contributed by atoms with E-state index in [1.165, 1.54) is 6.42 Å². The number of ether oxygens (including phenoxy) is 3. The topological polar surface area (TPSA) is 97.3 Å². The lowest BCUT2D eigenvalue weighted by Gasteiger charge is -2.37. The molecule has 0 spiro atoms. The molecule has 0 aromatic heterocycles. The summed E-state index contributed by atoms with van der Waals surface area (Å²) in [6.07, 6.45) is 4.21. The van der Waals surface area contributed by atoms with Gasteiger partial charge in [0.2, 0.25) is 12.7 Å². The number of nitrogens with one attached hydrogen (secondary N) is 1. The highest BCUT2D eigenvalue weighted by atomic mass is 16.7. The van der Waals surface area contributed by atoms with Crippen LogP contribution in [0.15, 0.2) is 18.2 Å². The van der Waals surface area contributed by atoms with Crippen molar-refractivity contribution in [2.75, 3.05) is 26.5 Å². The van der Waals surface area contributed by atoms with E-state index >= 15 is 0 Å². The second kappa shape index (κ2) is 9.00. The normalized spacial score (nSPS) is 26.2. The van der Waals surface area contributed by atoms with Gasteiger partial charge in [0.05, 0.1) is 25.2 Å². The lowest BCUT2D eigenvalue weighted by molar-refractivity contribution is -0.141. The van der Waals surface area contributed by atoms with Gasteiger partial charge in [-0.25, -0.2) is 0 Å². The van der Waals surface area contributed by atoms with Crippen LogP contribution in [-0.4, -0.2) is 66.6 Å². The smallest absolute Gasteiger partial charge is 0.251 e. The monoisotopic (exact) mass is 404 g/mol. The van der Waals surface area contributed by atoms with E-state index in [2.05, 4.69) is 5.32 Å². The van der Waals surface area contributed by atoms with E-state index in [1.807, 2.05) is 4.90 Å². The second-order valence-electron chi connectivity index (χ2n) is 7.85. The number of aliphatic hydroxyl groups is 1. The van der Waals surface area contributed by atoms with Crippen molar-refractivity contribution < 1.29 is 28.9 Å². The van der Waals surface area contributed by atoms with Crippen molar-refractivity contribution in [3.63, 3.8) is 0 Å². The number of hydrogen-bond donors (Lipinski definition) is 2. The Balaban J connectivity index is 1.31. The van der Waals surface area contributed by atoms with Gasteiger partial charge in [-0.15, -0.1) is 0 Å². The van der Waals surface area contributed by atoms with E-state index in [0.29, 0.717) is 36.3 Å². The number of piperidine rings is 1. The first-order chi connectivity index (χ1) is 14.1. The molecule has 158 valence electrons. The van der Waals surface area contributed by atoms with Gasteiger partial charge < -0.3 is 29.5 Å². The molecule has 3 heterocycles. The van der Waals surface area contributed by atoms with Gasteiger partial charge in [0.1, 0.15) is 6.10 Å². The number of rotatable bonds is 5. The Morgan fingerprint density at radius 3 is 2.69 bits per heavy atom. The molecule has 2 saturated heterocycles. The SMILES string of the molecule is O=C(N[C@@H]1CC[C@H](CC(=O)N2CCCCC2)O[C@H]1CO)c1ccc2c(c1)OCO2. The van der Waals surface area contributed by atoms with E-state index < -0.39 is 6.10 Å². The minimum absolute atomic E-state index is 0.120. The molecule has 8 heteroatoms. The molecule has 2 N–H and O–H groups in total. The first-order valence-corrected chi connectivity index (χ1v) is 10.4. The fourth-order valence-electron chi connectivity index (χ4n) is 4.20. The van der Waals surface area contributed by atoms with Gasteiger partial charge in [0.25, 0.3) is 5.91 Å². The van der Waals surface area contributed by atoms with Gasteiger partial charge in [-0.1, -0.05) is 0 Å². The van der Waals surface area contributed by atoms with Crippen LogP contribution in [0.5, 0.6) is 11.5 Å². The number of nitrogens with zero attached hydrogens (tertiary/aromatic N) is 1. The molecule has 29 heavy (non-hydrogen) atoms. The van der Waals surface area contributed by atoms with E-state index in [0.717, 1.165) is 25.9 Å². The number of hydrogen-bond acceptors (Lipinski definition) is 6. The standard InChI is InChI=1S/C21H28N2O6/c24-12-19-16(22-21(26)14-4-7-17-18(10-14)28-13-27-17)6-5-15(29-19)11-20(25)23-8-2-1-3-9-23/h4,7,10,15-16,19,24H,1-3,5-6,8-9,11-13H2,(H,22,26)/t15-,16-,19+/m1/s1. The number of likely N-dealkylation sites (tertiary alicyclic amines) is 1. The summed E-state index contributed by atoms with van der Waals surface area (Å²) in [4.78, 5) is 27.0. The van der Waals surface area contributed by atoms with Crippen molar-refractivity contribution in [3.05, 3.63) is 23.8 Å². The van der Waals surface area contributed by atoms with Gasteiger partial charge >= 0.3 is 0 Å². The third-order valence-electron chi connectivity index (χ3n) is 5.86. The zero-order valence-corrected chi connectivity index (χ0v) is 16.5. The Bertz CT molecular complexity index is 749. The van der Waals surface area contributed by atoms with Crippen LogP contribution in [0.2, 0.25) is 0 Å². The first kappa shape index (κ1) is 20.0. The summed E-state index contributed by atoms with van der Waals surface area (Å²) in [6.45, 7) is 1.59. The number of fused-ring (bicyclic) bond motifs is 1. The van der Waals surface area contributed by atoms with Gasteiger partial charge in [-0.05, 0) is 50.3 Å². The minimum atomic E-state index is -0.527. The van der Waals surface area contributed by atoms with Crippen molar-refractivity contribution in [2.24, 2.45) is 0 Å². The van der Waals surface area contributed by atoms with Gasteiger partial charge in [-0.2, -0.15) is 0 Å². The van der Waals surface area contributed by atoms with Gasteiger partial charge in [0, 0.05) is 18.7 Å². The van der Waals surface area contributed by atoms with E-state index in [4.69, 9.17) is 14.2 Å². The Labute approximate surface area is 170 Å². The predicted molar refractivity (Wildman–Crippen MR) is 104 cm³/mol. The largest absolute Gasteiger partial charge is 0.454 e. The number of aliphatic hydroxyl groups excluding tert-OH is 1. The Kier molecular flexibility index (Phi) is 6.20. The summed E-state index contributed by atoms with van der Waals surface area (Å²) < 4.78 is 16.6. The lowest BCUT2D eigenvalue weighted by Crippen LogP contribution is -2.51. The van der Waals surface area contributed by atoms with Crippen LogP contribution < -0.4 is 14.8 Å². The highest BCUT2D eigenvalue weighted by Crippen LogP contribution is 2.32. The Morgan fingerprint density at radius 2 is 1.90 bits per heavy atom. The maximum Gasteiger partial charge on any atom is 0.251 e. The quantitative estimate of drug-likeness (QED) is 0.771.